The van der Waals surface area contributed by atoms with E-state index in [-0.39, 0.29) is 16.9 Å². The van der Waals surface area contributed by atoms with Crippen molar-refractivity contribution in [2.45, 2.75) is 78.4 Å². The van der Waals surface area contributed by atoms with Gasteiger partial charge >= 0.3 is 6.09 Å². The zero-order valence-corrected chi connectivity index (χ0v) is 26.1. The summed E-state index contributed by atoms with van der Waals surface area (Å²) in [5, 5.41) is 5.83. The van der Waals surface area contributed by atoms with Crippen molar-refractivity contribution in [2.75, 3.05) is 17.2 Å². The number of hydrogen-bond donors (Lipinski definition) is 2. The van der Waals surface area contributed by atoms with Crippen molar-refractivity contribution in [3.63, 3.8) is 0 Å². The van der Waals surface area contributed by atoms with Crippen LogP contribution in [0.2, 0.25) is 0 Å². The lowest BCUT2D eigenvalue weighted by molar-refractivity contribution is -0.123. The summed E-state index contributed by atoms with van der Waals surface area (Å²) in [6.45, 7) is 13.7. The highest BCUT2D eigenvalue weighted by molar-refractivity contribution is 5.98. The molecule has 43 heavy (non-hydrogen) atoms. The number of nitrogens with one attached hydrogen (secondary N) is 2. The molecule has 2 atom stereocenters. The van der Waals surface area contributed by atoms with Crippen molar-refractivity contribution in [3.05, 3.63) is 94.8 Å². The number of carbonyl (C=O) groups excluding carboxylic acids is 3. The van der Waals surface area contributed by atoms with Gasteiger partial charge in [-0.15, -0.1) is 0 Å². The summed E-state index contributed by atoms with van der Waals surface area (Å²) < 4.78 is 20.4. The molecule has 0 aliphatic carbocycles. The molecular weight excluding hydrogens is 545 g/mol. The smallest absolute Gasteiger partial charge is 0.412 e. The van der Waals surface area contributed by atoms with Gasteiger partial charge in [-0.3, -0.25) is 14.9 Å². The molecule has 3 aromatic rings. The molecule has 0 spiro atoms. The molecule has 228 valence electrons. The van der Waals surface area contributed by atoms with Gasteiger partial charge in [0.15, 0.2) is 0 Å². The van der Waals surface area contributed by atoms with Crippen LogP contribution in [-0.4, -0.2) is 35.0 Å². The second kappa shape index (κ2) is 12.6. The van der Waals surface area contributed by atoms with Crippen molar-refractivity contribution < 1.29 is 23.5 Å². The summed E-state index contributed by atoms with van der Waals surface area (Å²) in [5.41, 5.74) is 2.60. The van der Waals surface area contributed by atoms with E-state index in [2.05, 4.69) is 31.4 Å². The first-order valence-corrected chi connectivity index (χ1v) is 14.7. The number of rotatable bonds is 5. The Balaban J connectivity index is 1.72. The number of likely N-dealkylation sites (tertiary alicyclic amines) is 1. The maximum absolute atomic E-state index is 15.0. The number of piperidine rings is 1. The first kappa shape index (κ1) is 31.7. The van der Waals surface area contributed by atoms with Gasteiger partial charge in [0.1, 0.15) is 11.4 Å². The van der Waals surface area contributed by atoms with Crippen LogP contribution >= 0.6 is 0 Å². The van der Waals surface area contributed by atoms with Crippen LogP contribution in [0.15, 0.2) is 66.7 Å². The van der Waals surface area contributed by atoms with E-state index >= 15 is 4.39 Å². The Morgan fingerprint density at radius 3 is 2.19 bits per heavy atom. The first-order chi connectivity index (χ1) is 20.1. The van der Waals surface area contributed by atoms with Crippen molar-refractivity contribution in [2.24, 2.45) is 5.92 Å². The summed E-state index contributed by atoms with van der Waals surface area (Å²) in [6, 6.07) is 18.6. The molecule has 0 radical (unpaired) electrons. The van der Waals surface area contributed by atoms with Gasteiger partial charge in [-0.1, -0.05) is 57.2 Å². The molecular formula is C35H42FN3O4. The van der Waals surface area contributed by atoms with Crippen molar-refractivity contribution in [3.8, 4) is 0 Å². The number of hydrogen-bond acceptors (Lipinski definition) is 4. The van der Waals surface area contributed by atoms with E-state index in [1.165, 1.54) is 6.07 Å². The summed E-state index contributed by atoms with van der Waals surface area (Å²) in [7, 11) is 0. The molecule has 1 heterocycles. The second-order valence-electron chi connectivity index (χ2n) is 13.2. The molecule has 0 saturated carbocycles. The second-order valence-corrected chi connectivity index (χ2v) is 13.2. The monoisotopic (exact) mass is 587 g/mol. The van der Waals surface area contributed by atoms with E-state index in [4.69, 9.17) is 4.74 Å². The maximum Gasteiger partial charge on any atom is 0.412 e. The SMILES string of the molecule is Cc1cccc(F)c1C(=O)N1CCC[C@H](C(=O)Nc2cccc(C(C)(C)C)c2)[C@@H]1c1cccc(NC(=O)OC(C)(C)C)c1. The molecule has 8 heteroatoms. The number of nitrogens with zero attached hydrogens (tertiary/aromatic N) is 1. The highest BCUT2D eigenvalue weighted by Gasteiger charge is 2.40. The van der Waals surface area contributed by atoms with Crippen molar-refractivity contribution >= 4 is 29.3 Å². The molecule has 1 fully saturated rings. The Bertz CT molecular complexity index is 1490. The third kappa shape index (κ3) is 7.80. The number of anilines is 2. The Hall–Kier alpha value is -4.20. The topological polar surface area (TPSA) is 87.7 Å². The molecule has 0 bridgehead atoms. The minimum atomic E-state index is -0.702. The van der Waals surface area contributed by atoms with Crippen LogP contribution in [-0.2, 0) is 14.9 Å². The lowest BCUT2D eigenvalue weighted by atomic mass is 9.83. The predicted octanol–water partition coefficient (Wildman–Crippen LogP) is 8.01. The standard InChI is InChI=1S/C35H42FN3O4/c1-22-12-8-18-28(36)29(22)32(41)39-19-11-17-27(31(40)37-26-16-10-14-24(21-26)34(2,3)4)30(39)23-13-9-15-25(20-23)38-33(42)43-35(5,6)7/h8-10,12-16,18,20-21,27,30H,11,17,19H2,1-7H3,(H,37,40)(H,38,42)/t27-,30-/m0/s1. The van der Waals surface area contributed by atoms with Gasteiger partial charge in [0.25, 0.3) is 5.91 Å². The lowest BCUT2D eigenvalue weighted by Crippen LogP contribution is -2.46. The maximum atomic E-state index is 15.0. The van der Waals surface area contributed by atoms with E-state index in [1.54, 1.807) is 62.9 Å². The molecule has 2 N–H and O–H groups in total. The minimum absolute atomic E-state index is 0.00512. The summed E-state index contributed by atoms with van der Waals surface area (Å²) in [6.07, 6.45) is 0.488. The van der Waals surface area contributed by atoms with Crippen molar-refractivity contribution in [1.29, 1.82) is 0 Å². The number of amides is 3. The van der Waals surface area contributed by atoms with Gasteiger partial charge in [0, 0.05) is 17.9 Å². The molecule has 7 nitrogen and oxygen atoms in total. The predicted molar refractivity (Wildman–Crippen MR) is 168 cm³/mol. The van der Waals surface area contributed by atoms with Crippen LogP contribution in [0, 0.1) is 18.7 Å². The zero-order chi connectivity index (χ0) is 31.5. The van der Waals surface area contributed by atoms with E-state index in [0.717, 1.165) is 5.56 Å². The van der Waals surface area contributed by atoms with Gasteiger partial charge in [-0.25, -0.2) is 9.18 Å². The number of carbonyl (C=O) groups is 3. The van der Waals surface area contributed by atoms with E-state index in [9.17, 15) is 14.4 Å². The summed E-state index contributed by atoms with van der Waals surface area (Å²) in [4.78, 5) is 42.1. The number of ether oxygens (including phenoxy) is 1. The van der Waals surface area contributed by atoms with Gasteiger partial charge < -0.3 is 15.0 Å². The number of aryl methyl sites for hydroxylation is 1. The Kier molecular flexibility index (Phi) is 9.28. The number of benzene rings is 3. The average molecular weight is 588 g/mol. The zero-order valence-electron chi connectivity index (χ0n) is 26.1. The molecule has 4 rings (SSSR count). The largest absolute Gasteiger partial charge is 0.444 e. The Morgan fingerprint density at radius 1 is 0.884 bits per heavy atom. The molecule has 0 aromatic heterocycles. The van der Waals surface area contributed by atoms with Gasteiger partial charge in [-0.2, -0.15) is 0 Å². The molecule has 1 aliphatic heterocycles. The molecule has 1 aliphatic rings. The Labute approximate surface area is 253 Å². The molecule has 3 amide bonds. The first-order valence-electron chi connectivity index (χ1n) is 14.7. The van der Waals surface area contributed by atoms with Gasteiger partial charge in [0.05, 0.1) is 17.5 Å². The van der Waals surface area contributed by atoms with Crippen molar-refractivity contribution in [1.82, 2.24) is 4.90 Å². The van der Waals surface area contributed by atoms with E-state index < -0.39 is 35.4 Å². The van der Waals surface area contributed by atoms with Crippen LogP contribution in [0.4, 0.5) is 20.6 Å². The van der Waals surface area contributed by atoms with Gasteiger partial charge in [0.2, 0.25) is 5.91 Å². The molecule has 0 unspecified atom stereocenters. The fourth-order valence-electron chi connectivity index (χ4n) is 5.48. The normalized spacial score (nSPS) is 17.3. The highest BCUT2D eigenvalue weighted by Crippen LogP contribution is 2.39. The van der Waals surface area contributed by atoms with Crippen LogP contribution in [0.1, 0.15) is 87.5 Å². The average Bonchev–Trinajstić information content (AvgIpc) is 2.91. The third-order valence-corrected chi connectivity index (χ3v) is 7.53. The fraction of sp³-hybridized carbons (Fsp3) is 0.400. The van der Waals surface area contributed by atoms with Crippen LogP contribution in [0.5, 0.6) is 0 Å². The molecule has 3 aromatic carbocycles. The van der Waals surface area contributed by atoms with Gasteiger partial charge in [-0.05, 0) is 93.0 Å². The summed E-state index contributed by atoms with van der Waals surface area (Å²) in [5.74, 6) is -1.93. The fourth-order valence-corrected chi connectivity index (χ4v) is 5.48. The third-order valence-electron chi connectivity index (χ3n) is 7.53. The summed E-state index contributed by atoms with van der Waals surface area (Å²) >= 11 is 0. The van der Waals surface area contributed by atoms with E-state index in [0.29, 0.717) is 41.9 Å². The van der Waals surface area contributed by atoms with Crippen LogP contribution < -0.4 is 10.6 Å². The minimum Gasteiger partial charge on any atom is -0.444 e. The Morgan fingerprint density at radius 2 is 1.53 bits per heavy atom. The highest BCUT2D eigenvalue weighted by atomic mass is 19.1. The van der Waals surface area contributed by atoms with Crippen LogP contribution in [0.3, 0.4) is 0 Å². The quantitative estimate of drug-likeness (QED) is 0.317. The number of halogens is 1. The lowest BCUT2D eigenvalue weighted by Gasteiger charge is -2.41. The van der Waals surface area contributed by atoms with Crippen LogP contribution in [0.25, 0.3) is 0 Å². The van der Waals surface area contributed by atoms with E-state index in [1.807, 2.05) is 30.3 Å². The molecule has 1 saturated heterocycles.